The summed E-state index contributed by atoms with van der Waals surface area (Å²) in [5.41, 5.74) is 3.08. The molecule has 3 N–H and O–H groups in total. The number of rotatable bonds is 12. The van der Waals surface area contributed by atoms with Crippen molar-refractivity contribution in [3.63, 3.8) is 0 Å². The lowest BCUT2D eigenvalue weighted by Gasteiger charge is -2.10. The second-order valence-corrected chi connectivity index (χ2v) is 7.34. The monoisotopic (exact) mass is 447 g/mol. The average Bonchev–Trinajstić information content (AvgIpc) is 2.84. The van der Waals surface area contributed by atoms with E-state index in [0.717, 1.165) is 17.9 Å². The van der Waals surface area contributed by atoms with E-state index in [9.17, 15) is 9.59 Å². The predicted molar refractivity (Wildman–Crippen MR) is 130 cm³/mol. The number of benzene rings is 3. The van der Waals surface area contributed by atoms with Crippen molar-refractivity contribution in [2.75, 3.05) is 44.0 Å². The Labute approximate surface area is 194 Å². The number of carbonyl (C=O) groups is 2. The van der Waals surface area contributed by atoms with E-state index in [4.69, 9.17) is 9.47 Å². The Balaban J connectivity index is 1.41. The van der Waals surface area contributed by atoms with E-state index in [1.54, 1.807) is 31.4 Å². The van der Waals surface area contributed by atoms with Crippen molar-refractivity contribution in [3.8, 4) is 5.75 Å². The van der Waals surface area contributed by atoms with E-state index < -0.39 is 0 Å². The van der Waals surface area contributed by atoms with Gasteiger partial charge in [0.25, 0.3) is 5.91 Å². The first-order chi connectivity index (χ1) is 16.1. The summed E-state index contributed by atoms with van der Waals surface area (Å²) in [4.78, 5) is 24.4. The highest BCUT2D eigenvalue weighted by Gasteiger charge is 2.08. The molecule has 0 unspecified atom stereocenters. The average molecular weight is 448 g/mol. The van der Waals surface area contributed by atoms with Crippen LogP contribution in [0.15, 0.2) is 78.9 Å². The number of ether oxygens (including phenoxy) is 2. The van der Waals surface area contributed by atoms with Crippen molar-refractivity contribution in [3.05, 3.63) is 90.0 Å². The number of amides is 2. The first-order valence-corrected chi connectivity index (χ1v) is 10.8. The first-order valence-electron chi connectivity index (χ1n) is 10.8. The topological polar surface area (TPSA) is 88.7 Å². The molecule has 0 radical (unpaired) electrons. The van der Waals surface area contributed by atoms with E-state index in [0.29, 0.717) is 31.0 Å². The second-order valence-electron chi connectivity index (χ2n) is 7.34. The van der Waals surface area contributed by atoms with Crippen LogP contribution in [0.4, 0.5) is 11.4 Å². The van der Waals surface area contributed by atoms with Gasteiger partial charge in [-0.2, -0.15) is 0 Å². The molecule has 2 amide bonds. The molecular formula is C26H29N3O4. The molecular weight excluding hydrogens is 418 g/mol. The molecule has 3 aromatic rings. The van der Waals surface area contributed by atoms with Gasteiger partial charge in [-0.15, -0.1) is 0 Å². The highest BCUT2D eigenvalue weighted by molar-refractivity contribution is 5.98. The summed E-state index contributed by atoms with van der Waals surface area (Å²) < 4.78 is 10.7. The molecule has 0 saturated heterocycles. The highest BCUT2D eigenvalue weighted by Crippen LogP contribution is 2.16. The third-order valence-corrected chi connectivity index (χ3v) is 4.81. The van der Waals surface area contributed by atoms with Gasteiger partial charge in [-0.1, -0.05) is 36.4 Å². The Morgan fingerprint density at radius 3 is 2.39 bits per heavy atom. The minimum absolute atomic E-state index is 0.0957. The summed E-state index contributed by atoms with van der Waals surface area (Å²) in [6.45, 7) is 1.56. The summed E-state index contributed by atoms with van der Waals surface area (Å²) in [5, 5.41) is 8.64. The van der Waals surface area contributed by atoms with Gasteiger partial charge in [0.15, 0.2) is 0 Å². The van der Waals surface area contributed by atoms with Crippen LogP contribution in [-0.4, -0.2) is 45.2 Å². The van der Waals surface area contributed by atoms with Crippen molar-refractivity contribution in [2.24, 2.45) is 0 Å². The lowest BCUT2D eigenvalue weighted by Crippen LogP contribution is -2.27. The van der Waals surface area contributed by atoms with Crippen LogP contribution in [0.3, 0.4) is 0 Å². The Morgan fingerprint density at radius 2 is 1.64 bits per heavy atom. The van der Waals surface area contributed by atoms with Crippen LogP contribution in [0.1, 0.15) is 15.9 Å². The fraction of sp³-hybridized carbons (Fsp3) is 0.231. The number of anilines is 2. The van der Waals surface area contributed by atoms with E-state index in [1.807, 2.05) is 42.5 Å². The van der Waals surface area contributed by atoms with Crippen LogP contribution in [0, 0.1) is 0 Å². The Morgan fingerprint density at radius 1 is 0.848 bits per heavy atom. The maximum atomic E-state index is 12.3. The summed E-state index contributed by atoms with van der Waals surface area (Å²) >= 11 is 0. The molecule has 3 aromatic carbocycles. The maximum Gasteiger partial charge on any atom is 0.251 e. The fourth-order valence-corrected chi connectivity index (χ4v) is 3.09. The molecule has 0 spiro atoms. The quantitative estimate of drug-likeness (QED) is 0.368. The molecule has 33 heavy (non-hydrogen) atoms. The smallest absolute Gasteiger partial charge is 0.251 e. The van der Waals surface area contributed by atoms with Crippen LogP contribution in [0.25, 0.3) is 0 Å². The van der Waals surface area contributed by atoms with Gasteiger partial charge in [0.05, 0.1) is 19.8 Å². The SMILES string of the molecule is COCCNC(=O)c1cccc(NC(=O)CNc2ccc(OCCc3ccccc3)cc2)c1. The maximum absolute atomic E-state index is 12.3. The molecule has 0 aliphatic heterocycles. The van der Waals surface area contributed by atoms with Crippen LogP contribution >= 0.6 is 0 Å². The Bertz CT molecular complexity index is 1020. The van der Waals surface area contributed by atoms with Gasteiger partial charge in [-0.3, -0.25) is 9.59 Å². The number of nitrogens with one attached hydrogen (secondary N) is 3. The summed E-state index contributed by atoms with van der Waals surface area (Å²) in [6, 6.07) is 24.5. The minimum Gasteiger partial charge on any atom is -0.493 e. The molecule has 0 atom stereocenters. The van der Waals surface area contributed by atoms with Crippen molar-refractivity contribution >= 4 is 23.2 Å². The Kier molecular flexibility index (Phi) is 9.29. The van der Waals surface area contributed by atoms with E-state index in [2.05, 4.69) is 28.1 Å². The van der Waals surface area contributed by atoms with Crippen LogP contribution in [0.5, 0.6) is 5.75 Å². The van der Waals surface area contributed by atoms with Gasteiger partial charge in [-0.05, 0) is 48.0 Å². The number of hydrogen-bond donors (Lipinski definition) is 3. The van der Waals surface area contributed by atoms with Crippen molar-refractivity contribution < 1.29 is 19.1 Å². The number of hydrogen-bond acceptors (Lipinski definition) is 5. The third-order valence-electron chi connectivity index (χ3n) is 4.81. The van der Waals surface area contributed by atoms with Gasteiger partial charge >= 0.3 is 0 Å². The van der Waals surface area contributed by atoms with Crippen molar-refractivity contribution in [1.29, 1.82) is 0 Å². The first kappa shape index (κ1) is 23.8. The standard InChI is InChI=1S/C26H29N3O4/c1-32-17-15-27-26(31)21-8-5-9-23(18-21)29-25(30)19-28-22-10-12-24(13-11-22)33-16-14-20-6-3-2-4-7-20/h2-13,18,28H,14-17,19H2,1H3,(H,27,31)(H,29,30). The normalized spacial score (nSPS) is 10.3. The molecule has 0 heterocycles. The van der Waals surface area contributed by atoms with Gasteiger partial charge in [0.1, 0.15) is 5.75 Å². The molecule has 7 nitrogen and oxygen atoms in total. The van der Waals surface area contributed by atoms with E-state index in [-0.39, 0.29) is 18.4 Å². The van der Waals surface area contributed by atoms with Crippen LogP contribution in [0.2, 0.25) is 0 Å². The zero-order valence-electron chi connectivity index (χ0n) is 18.7. The molecule has 7 heteroatoms. The molecule has 0 aliphatic carbocycles. The zero-order chi connectivity index (χ0) is 23.3. The van der Waals surface area contributed by atoms with Crippen molar-refractivity contribution in [1.82, 2.24) is 5.32 Å². The molecule has 0 aromatic heterocycles. The molecule has 0 bridgehead atoms. The minimum atomic E-state index is -0.215. The molecule has 0 aliphatic rings. The lowest BCUT2D eigenvalue weighted by atomic mass is 10.2. The van der Waals surface area contributed by atoms with Crippen LogP contribution in [-0.2, 0) is 16.0 Å². The van der Waals surface area contributed by atoms with Gasteiger partial charge < -0.3 is 25.4 Å². The third kappa shape index (κ3) is 8.31. The second kappa shape index (κ2) is 12.9. The summed E-state index contributed by atoms with van der Waals surface area (Å²) in [6.07, 6.45) is 0.844. The Hall–Kier alpha value is -3.84. The van der Waals surface area contributed by atoms with Gasteiger partial charge in [-0.25, -0.2) is 0 Å². The van der Waals surface area contributed by atoms with Gasteiger partial charge in [0.2, 0.25) is 5.91 Å². The highest BCUT2D eigenvalue weighted by atomic mass is 16.5. The number of carbonyl (C=O) groups excluding carboxylic acids is 2. The number of methoxy groups -OCH3 is 1. The fourth-order valence-electron chi connectivity index (χ4n) is 3.09. The lowest BCUT2D eigenvalue weighted by molar-refractivity contribution is -0.114. The summed E-state index contributed by atoms with van der Waals surface area (Å²) in [5.74, 6) is 0.351. The van der Waals surface area contributed by atoms with Crippen molar-refractivity contribution in [2.45, 2.75) is 6.42 Å². The predicted octanol–water partition coefficient (Wildman–Crippen LogP) is 3.73. The van der Waals surface area contributed by atoms with Gasteiger partial charge in [0, 0.05) is 37.0 Å². The zero-order valence-corrected chi connectivity index (χ0v) is 18.7. The molecule has 172 valence electrons. The largest absolute Gasteiger partial charge is 0.493 e. The van der Waals surface area contributed by atoms with E-state index >= 15 is 0 Å². The molecule has 0 saturated carbocycles. The van der Waals surface area contributed by atoms with Crippen LogP contribution < -0.4 is 20.7 Å². The summed E-state index contributed by atoms with van der Waals surface area (Å²) in [7, 11) is 1.58. The molecule has 3 rings (SSSR count). The van der Waals surface area contributed by atoms with E-state index in [1.165, 1.54) is 5.56 Å². The molecule has 0 fully saturated rings.